The zero-order chi connectivity index (χ0) is 13.0. The molecule has 0 amide bonds. The molecule has 0 saturated carbocycles. The molecule has 98 valence electrons. The Hall–Kier alpha value is -1.35. The number of hydrogen-bond acceptors (Lipinski definition) is 3. The van der Waals surface area contributed by atoms with Crippen LogP contribution in [0.15, 0.2) is 30.3 Å². The molecule has 0 spiro atoms. The zero-order valence-corrected chi connectivity index (χ0v) is 10.8. The lowest BCUT2D eigenvalue weighted by atomic mass is 9.70. The third-order valence-electron chi connectivity index (χ3n) is 3.77. The highest BCUT2D eigenvalue weighted by Crippen LogP contribution is 2.38. The molecule has 0 aromatic heterocycles. The Kier molecular flexibility index (Phi) is 4.02. The van der Waals surface area contributed by atoms with Crippen molar-refractivity contribution in [1.82, 2.24) is 0 Å². The molecule has 3 nitrogen and oxygen atoms in total. The maximum absolute atomic E-state index is 12.3. The van der Waals surface area contributed by atoms with E-state index in [9.17, 15) is 9.90 Å². The molecular weight excluding hydrogens is 228 g/mol. The highest BCUT2D eigenvalue weighted by molar-refractivity contribution is 5.84. The van der Waals surface area contributed by atoms with Crippen LogP contribution in [0.5, 0.6) is 0 Å². The molecule has 0 radical (unpaired) electrons. The first-order chi connectivity index (χ1) is 8.71. The first-order valence-electron chi connectivity index (χ1n) is 6.62. The van der Waals surface area contributed by atoms with Gasteiger partial charge in [0.2, 0.25) is 0 Å². The van der Waals surface area contributed by atoms with Crippen molar-refractivity contribution >= 4 is 5.97 Å². The molecule has 3 heteroatoms. The van der Waals surface area contributed by atoms with Gasteiger partial charge in [-0.1, -0.05) is 50.1 Å². The van der Waals surface area contributed by atoms with E-state index < -0.39 is 11.5 Å². The molecular formula is C15H20O3. The van der Waals surface area contributed by atoms with Crippen LogP contribution in [-0.4, -0.2) is 23.8 Å². The molecule has 1 heterocycles. The van der Waals surface area contributed by atoms with Crippen molar-refractivity contribution in [3.63, 3.8) is 0 Å². The van der Waals surface area contributed by atoms with Crippen LogP contribution in [-0.2, 0) is 14.9 Å². The number of hydrogen-bond donors (Lipinski definition) is 1. The standard InChI is InChI=1S/C15H20O3/c1-2-3-10-15(12-7-5-4-6-8-12)13(16)9-11-18-14(15)17/h4-8,13,16H,2-3,9-11H2,1H3. The Bertz CT molecular complexity index is 401. The lowest BCUT2D eigenvalue weighted by molar-refractivity contribution is -0.165. The molecule has 1 aliphatic heterocycles. The number of benzene rings is 1. The summed E-state index contributed by atoms with van der Waals surface area (Å²) in [4.78, 5) is 12.3. The minimum Gasteiger partial charge on any atom is -0.465 e. The molecule has 1 saturated heterocycles. The number of aliphatic hydroxyl groups excluding tert-OH is 1. The topological polar surface area (TPSA) is 46.5 Å². The van der Waals surface area contributed by atoms with E-state index in [-0.39, 0.29) is 5.97 Å². The van der Waals surface area contributed by atoms with Crippen molar-refractivity contribution in [2.24, 2.45) is 0 Å². The summed E-state index contributed by atoms with van der Waals surface area (Å²) in [5.74, 6) is -0.277. The summed E-state index contributed by atoms with van der Waals surface area (Å²) in [6.45, 7) is 2.40. The average molecular weight is 248 g/mol. The molecule has 2 rings (SSSR count). The van der Waals surface area contributed by atoms with E-state index in [1.165, 1.54) is 0 Å². The monoisotopic (exact) mass is 248 g/mol. The number of carbonyl (C=O) groups excluding carboxylic acids is 1. The van der Waals surface area contributed by atoms with Gasteiger partial charge in [0.05, 0.1) is 12.7 Å². The number of ether oxygens (including phenoxy) is 1. The van der Waals surface area contributed by atoms with Crippen LogP contribution in [0.2, 0.25) is 0 Å². The van der Waals surface area contributed by atoms with Crippen molar-refractivity contribution in [3.05, 3.63) is 35.9 Å². The summed E-state index contributed by atoms with van der Waals surface area (Å²) in [5, 5.41) is 10.4. The van der Waals surface area contributed by atoms with Crippen LogP contribution in [0.3, 0.4) is 0 Å². The van der Waals surface area contributed by atoms with E-state index >= 15 is 0 Å². The Labute approximate surface area is 108 Å². The second-order valence-electron chi connectivity index (χ2n) is 4.88. The zero-order valence-electron chi connectivity index (χ0n) is 10.8. The molecule has 1 fully saturated rings. The Morgan fingerprint density at radius 3 is 2.72 bits per heavy atom. The molecule has 2 atom stereocenters. The van der Waals surface area contributed by atoms with Gasteiger partial charge in [0.1, 0.15) is 5.41 Å². The summed E-state index contributed by atoms with van der Waals surface area (Å²) in [7, 11) is 0. The first-order valence-corrected chi connectivity index (χ1v) is 6.62. The van der Waals surface area contributed by atoms with E-state index in [1.807, 2.05) is 30.3 Å². The average Bonchev–Trinajstić information content (AvgIpc) is 2.40. The van der Waals surface area contributed by atoms with Gasteiger partial charge in [-0.05, 0) is 12.0 Å². The predicted octanol–water partition coefficient (Wildman–Crippen LogP) is 2.42. The van der Waals surface area contributed by atoms with Gasteiger partial charge in [-0.15, -0.1) is 0 Å². The maximum Gasteiger partial charge on any atom is 0.319 e. The van der Waals surface area contributed by atoms with Gasteiger partial charge in [-0.3, -0.25) is 4.79 Å². The SMILES string of the molecule is CCCCC1(c2ccccc2)C(=O)OCCC1O. The van der Waals surface area contributed by atoms with Crippen LogP contribution >= 0.6 is 0 Å². The summed E-state index contributed by atoms with van der Waals surface area (Å²) in [6.07, 6.45) is 2.42. The summed E-state index contributed by atoms with van der Waals surface area (Å²) < 4.78 is 5.22. The van der Waals surface area contributed by atoms with Crippen molar-refractivity contribution in [2.75, 3.05) is 6.61 Å². The fourth-order valence-corrected chi connectivity index (χ4v) is 2.69. The molecule has 18 heavy (non-hydrogen) atoms. The van der Waals surface area contributed by atoms with Gasteiger partial charge in [0.25, 0.3) is 0 Å². The summed E-state index contributed by atoms with van der Waals surface area (Å²) in [6, 6.07) is 9.53. The molecule has 1 N–H and O–H groups in total. The third-order valence-corrected chi connectivity index (χ3v) is 3.77. The van der Waals surface area contributed by atoms with Gasteiger partial charge in [0.15, 0.2) is 0 Å². The van der Waals surface area contributed by atoms with Crippen LogP contribution in [0.25, 0.3) is 0 Å². The number of cyclic esters (lactones) is 1. The van der Waals surface area contributed by atoms with Crippen LogP contribution < -0.4 is 0 Å². The molecule has 0 bridgehead atoms. The van der Waals surface area contributed by atoms with Crippen molar-refractivity contribution < 1.29 is 14.6 Å². The first kappa shape index (κ1) is 13.1. The van der Waals surface area contributed by atoms with Gasteiger partial charge < -0.3 is 9.84 Å². The van der Waals surface area contributed by atoms with E-state index in [4.69, 9.17) is 4.74 Å². The second-order valence-corrected chi connectivity index (χ2v) is 4.88. The lowest BCUT2D eigenvalue weighted by Crippen LogP contribution is -2.51. The van der Waals surface area contributed by atoms with Crippen molar-refractivity contribution in [3.8, 4) is 0 Å². The van der Waals surface area contributed by atoms with E-state index in [0.29, 0.717) is 19.4 Å². The smallest absolute Gasteiger partial charge is 0.319 e. The number of esters is 1. The van der Waals surface area contributed by atoms with E-state index in [1.54, 1.807) is 0 Å². The summed E-state index contributed by atoms with van der Waals surface area (Å²) in [5.41, 5.74) is 0.00542. The Morgan fingerprint density at radius 2 is 2.11 bits per heavy atom. The highest BCUT2D eigenvalue weighted by atomic mass is 16.5. The van der Waals surface area contributed by atoms with E-state index in [0.717, 1.165) is 18.4 Å². The second kappa shape index (κ2) is 5.53. The van der Waals surface area contributed by atoms with Crippen LogP contribution in [0.1, 0.15) is 38.2 Å². The number of rotatable bonds is 4. The minimum absolute atomic E-state index is 0.277. The minimum atomic E-state index is -0.866. The predicted molar refractivity (Wildman–Crippen MR) is 69.2 cm³/mol. The van der Waals surface area contributed by atoms with Gasteiger partial charge in [-0.2, -0.15) is 0 Å². The molecule has 0 aliphatic carbocycles. The fraction of sp³-hybridized carbons (Fsp3) is 0.533. The van der Waals surface area contributed by atoms with E-state index in [2.05, 4.69) is 6.92 Å². The highest BCUT2D eigenvalue weighted by Gasteiger charge is 2.49. The number of unbranched alkanes of at least 4 members (excludes halogenated alkanes) is 1. The normalized spacial score (nSPS) is 27.9. The quantitative estimate of drug-likeness (QED) is 0.832. The number of aliphatic hydroxyl groups is 1. The molecule has 1 aliphatic rings. The molecule has 1 aromatic rings. The Balaban J connectivity index is 2.41. The van der Waals surface area contributed by atoms with Gasteiger partial charge >= 0.3 is 5.97 Å². The lowest BCUT2D eigenvalue weighted by Gasteiger charge is -2.39. The van der Waals surface area contributed by atoms with Crippen molar-refractivity contribution in [2.45, 2.75) is 44.1 Å². The van der Waals surface area contributed by atoms with Crippen molar-refractivity contribution in [1.29, 1.82) is 0 Å². The molecule has 2 unspecified atom stereocenters. The van der Waals surface area contributed by atoms with Crippen LogP contribution in [0.4, 0.5) is 0 Å². The number of carbonyl (C=O) groups is 1. The van der Waals surface area contributed by atoms with Gasteiger partial charge in [0, 0.05) is 6.42 Å². The fourth-order valence-electron chi connectivity index (χ4n) is 2.69. The molecule has 1 aromatic carbocycles. The Morgan fingerprint density at radius 1 is 1.39 bits per heavy atom. The maximum atomic E-state index is 12.3. The third kappa shape index (κ3) is 2.15. The van der Waals surface area contributed by atoms with Crippen LogP contribution in [0, 0.1) is 0 Å². The largest absolute Gasteiger partial charge is 0.465 e. The summed E-state index contributed by atoms with van der Waals surface area (Å²) >= 11 is 0. The van der Waals surface area contributed by atoms with Gasteiger partial charge in [-0.25, -0.2) is 0 Å².